The molecular formula is C20H16BrF2N3O. The zero-order valence-electron chi connectivity index (χ0n) is 14.2. The van der Waals surface area contributed by atoms with Crippen molar-refractivity contribution < 1.29 is 13.6 Å². The third-order valence-electron chi connectivity index (χ3n) is 3.84. The molecule has 27 heavy (non-hydrogen) atoms. The number of nitrogens with zero attached hydrogens (tertiary/aromatic N) is 1. The zero-order valence-corrected chi connectivity index (χ0v) is 15.8. The number of halogens is 3. The Kier molecular flexibility index (Phi) is 6.13. The molecule has 0 aliphatic heterocycles. The van der Waals surface area contributed by atoms with Gasteiger partial charge in [0.05, 0.1) is 5.56 Å². The number of hydrogen-bond acceptors (Lipinski definition) is 3. The Morgan fingerprint density at radius 1 is 0.963 bits per heavy atom. The van der Waals surface area contributed by atoms with Gasteiger partial charge in [-0.25, -0.2) is 13.8 Å². The normalized spacial score (nSPS) is 10.5. The number of hydrogen-bond donors (Lipinski definition) is 2. The molecule has 0 aliphatic carbocycles. The number of anilines is 1. The predicted molar refractivity (Wildman–Crippen MR) is 103 cm³/mol. The summed E-state index contributed by atoms with van der Waals surface area (Å²) in [7, 11) is 0. The monoisotopic (exact) mass is 431 g/mol. The second-order valence-electron chi connectivity index (χ2n) is 5.81. The van der Waals surface area contributed by atoms with Crippen LogP contribution in [0, 0.1) is 11.6 Å². The van der Waals surface area contributed by atoms with Gasteiger partial charge in [0.1, 0.15) is 5.82 Å². The van der Waals surface area contributed by atoms with Crippen molar-refractivity contribution in [3.05, 3.63) is 93.6 Å². The Morgan fingerprint density at radius 2 is 1.78 bits per heavy atom. The van der Waals surface area contributed by atoms with Crippen molar-refractivity contribution in [2.75, 3.05) is 5.32 Å². The quantitative estimate of drug-likeness (QED) is 0.596. The van der Waals surface area contributed by atoms with Crippen LogP contribution in [0.15, 0.2) is 65.3 Å². The molecule has 0 atom stereocenters. The summed E-state index contributed by atoms with van der Waals surface area (Å²) in [6.07, 6.45) is 1.59. The van der Waals surface area contributed by atoms with Crippen molar-refractivity contribution >= 4 is 27.7 Å². The van der Waals surface area contributed by atoms with Crippen molar-refractivity contribution in [3.8, 4) is 0 Å². The van der Waals surface area contributed by atoms with E-state index in [1.807, 2.05) is 24.3 Å². The Bertz CT molecular complexity index is 965. The Morgan fingerprint density at radius 3 is 2.56 bits per heavy atom. The number of benzene rings is 2. The molecule has 1 aromatic heterocycles. The van der Waals surface area contributed by atoms with Gasteiger partial charge in [0.25, 0.3) is 5.91 Å². The lowest BCUT2D eigenvalue weighted by Crippen LogP contribution is -2.24. The molecule has 0 saturated heterocycles. The summed E-state index contributed by atoms with van der Waals surface area (Å²) >= 11 is 3.42. The van der Waals surface area contributed by atoms with E-state index in [2.05, 4.69) is 31.5 Å². The second-order valence-corrected chi connectivity index (χ2v) is 6.73. The SMILES string of the molecule is O=C(NCc1ccc(F)c(F)c1)c1cccnc1NCc1cccc(Br)c1. The zero-order chi connectivity index (χ0) is 19.2. The van der Waals surface area contributed by atoms with Crippen LogP contribution in [0.5, 0.6) is 0 Å². The molecule has 3 aromatic rings. The van der Waals surface area contributed by atoms with Crippen molar-refractivity contribution in [1.82, 2.24) is 10.3 Å². The van der Waals surface area contributed by atoms with Crippen molar-refractivity contribution in [3.63, 3.8) is 0 Å². The highest BCUT2D eigenvalue weighted by Gasteiger charge is 2.12. The van der Waals surface area contributed by atoms with Crippen LogP contribution in [0.3, 0.4) is 0 Å². The first-order valence-corrected chi connectivity index (χ1v) is 8.97. The molecule has 2 aromatic carbocycles. The van der Waals surface area contributed by atoms with Gasteiger partial charge in [-0.15, -0.1) is 0 Å². The van der Waals surface area contributed by atoms with Gasteiger partial charge in [-0.1, -0.05) is 34.1 Å². The second kappa shape index (κ2) is 8.73. The lowest BCUT2D eigenvalue weighted by atomic mass is 10.2. The summed E-state index contributed by atoms with van der Waals surface area (Å²) in [5.41, 5.74) is 1.87. The third kappa shape index (κ3) is 5.10. The lowest BCUT2D eigenvalue weighted by Gasteiger charge is -2.12. The average Bonchev–Trinajstić information content (AvgIpc) is 2.67. The van der Waals surface area contributed by atoms with Gasteiger partial charge in [-0.2, -0.15) is 0 Å². The average molecular weight is 432 g/mol. The molecule has 3 rings (SSSR count). The molecule has 2 N–H and O–H groups in total. The van der Waals surface area contributed by atoms with Gasteiger partial charge in [-0.3, -0.25) is 4.79 Å². The maximum Gasteiger partial charge on any atom is 0.255 e. The minimum Gasteiger partial charge on any atom is -0.365 e. The van der Waals surface area contributed by atoms with Crippen LogP contribution >= 0.6 is 15.9 Å². The molecule has 0 spiro atoms. The molecule has 1 heterocycles. The minimum absolute atomic E-state index is 0.0794. The molecule has 0 fully saturated rings. The van der Waals surface area contributed by atoms with Gasteiger partial charge < -0.3 is 10.6 Å². The van der Waals surface area contributed by atoms with Crippen LogP contribution in [0.25, 0.3) is 0 Å². The fourth-order valence-corrected chi connectivity index (χ4v) is 2.94. The van der Waals surface area contributed by atoms with Crippen molar-refractivity contribution in [2.45, 2.75) is 13.1 Å². The topological polar surface area (TPSA) is 54.0 Å². The highest BCUT2D eigenvalue weighted by Crippen LogP contribution is 2.16. The number of rotatable bonds is 6. The van der Waals surface area contributed by atoms with Crippen molar-refractivity contribution in [2.24, 2.45) is 0 Å². The van der Waals surface area contributed by atoms with E-state index >= 15 is 0 Å². The lowest BCUT2D eigenvalue weighted by molar-refractivity contribution is 0.0951. The van der Waals surface area contributed by atoms with Gasteiger partial charge in [0, 0.05) is 23.8 Å². The van der Waals surface area contributed by atoms with E-state index in [1.165, 1.54) is 6.07 Å². The van der Waals surface area contributed by atoms with Gasteiger partial charge >= 0.3 is 0 Å². The van der Waals surface area contributed by atoms with Gasteiger partial charge in [0.15, 0.2) is 11.6 Å². The van der Waals surface area contributed by atoms with Crippen LogP contribution < -0.4 is 10.6 Å². The molecule has 4 nitrogen and oxygen atoms in total. The largest absolute Gasteiger partial charge is 0.365 e. The van der Waals surface area contributed by atoms with Crippen LogP contribution in [-0.4, -0.2) is 10.9 Å². The number of aromatic nitrogens is 1. The Hall–Kier alpha value is -2.80. The third-order valence-corrected chi connectivity index (χ3v) is 4.33. The summed E-state index contributed by atoms with van der Waals surface area (Å²) < 4.78 is 27.2. The molecule has 0 radical (unpaired) electrons. The molecule has 1 amide bonds. The van der Waals surface area contributed by atoms with E-state index in [-0.39, 0.29) is 12.5 Å². The summed E-state index contributed by atoms with van der Waals surface area (Å²) in [6.45, 7) is 0.579. The Labute approximate surface area is 163 Å². The maximum atomic E-state index is 13.3. The number of carbonyl (C=O) groups excluding carboxylic acids is 1. The van der Waals surface area contributed by atoms with E-state index in [4.69, 9.17) is 0 Å². The summed E-state index contributed by atoms with van der Waals surface area (Å²) in [4.78, 5) is 16.7. The smallest absolute Gasteiger partial charge is 0.255 e. The standard InChI is InChI=1S/C20H16BrF2N3O/c21-15-4-1-3-13(9-15)11-25-19-16(5-2-8-24-19)20(27)26-12-14-6-7-17(22)18(23)10-14/h1-10H,11-12H2,(H,24,25)(H,26,27). The molecule has 0 unspecified atom stereocenters. The molecule has 0 saturated carbocycles. The first-order chi connectivity index (χ1) is 13.0. The first kappa shape index (κ1) is 19.0. The molecular weight excluding hydrogens is 416 g/mol. The Balaban J connectivity index is 1.67. The predicted octanol–water partition coefficient (Wildman–Crippen LogP) is 4.66. The molecule has 0 aliphatic rings. The summed E-state index contributed by atoms with van der Waals surface area (Å²) in [6, 6.07) is 14.6. The number of nitrogens with one attached hydrogen (secondary N) is 2. The molecule has 0 bridgehead atoms. The molecule has 7 heteroatoms. The van der Waals surface area contributed by atoms with E-state index < -0.39 is 11.6 Å². The highest BCUT2D eigenvalue weighted by molar-refractivity contribution is 9.10. The van der Waals surface area contributed by atoms with E-state index in [0.717, 1.165) is 22.2 Å². The summed E-state index contributed by atoms with van der Waals surface area (Å²) in [5, 5.41) is 5.84. The van der Waals surface area contributed by atoms with E-state index in [9.17, 15) is 13.6 Å². The van der Waals surface area contributed by atoms with Crippen LogP contribution in [0.4, 0.5) is 14.6 Å². The highest BCUT2D eigenvalue weighted by atomic mass is 79.9. The first-order valence-electron chi connectivity index (χ1n) is 8.18. The number of carbonyl (C=O) groups is 1. The fourth-order valence-electron chi connectivity index (χ4n) is 2.49. The fraction of sp³-hybridized carbons (Fsp3) is 0.100. The minimum atomic E-state index is -0.945. The van der Waals surface area contributed by atoms with E-state index in [0.29, 0.717) is 23.5 Å². The van der Waals surface area contributed by atoms with Crippen LogP contribution in [-0.2, 0) is 13.1 Å². The number of pyridine rings is 1. The van der Waals surface area contributed by atoms with Crippen molar-refractivity contribution in [1.29, 1.82) is 0 Å². The van der Waals surface area contributed by atoms with E-state index in [1.54, 1.807) is 18.3 Å². The van der Waals surface area contributed by atoms with Crippen LogP contribution in [0.1, 0.15) is 21.5 Å². The van der Waals surface area contributed by atoms with Gasteiger partial charge in [-0.05, 0) is 47.5 Å². The molecule has 138 valence electrons. The van der Waals surface area contributed by atoms with Gasteiger partial charge in [0.2, 0.25) is 0 Å². The summed E-state index contributed by atoms with van der Waals surface area (Å²) in [5.74, 6) is -1.78. The maximum absolute atomic E-state index is 13.3. The van der Waals surface area contributed by atoms with Crippen LogP contribution in [0.2, 0.25) is 0 Å². The number of amides is 1.